The highest BCUT2D eigenvalue weighted by atomic mass is 35.5. The van der Waals surface area contributed by atoms with E-state index in [2.05, 4.69) is 22.1 Å². The number of likely N-dealkylation sites (tertiary alicyclic amines) is 1. The van der Waals surface area contributed by atoms with Gasteiger partial charge in [0.05, 0.1) is 10.7 Å². The van der Waals surface area contributed by atoms with Crippen LogP contribution in [0.15, 0.2) is 6.07 Å². The van der Waals surface area contributed by atoms with Crippen LogP contribution in [0.4, 0.5) is 0 Å². The topological polar surface area (TPSA) is 29.0 Å². The molecule has 0 radical (unpaired) electrons. The van der Waals surface area contributed by atoms with E-state index in [0.29, 0.717) is 10.9 Å². The summed E-state index contributed by atoms with van der Waals surface area (Å²) in [5.74, 6) is 0.668. The maximum absolute atomic E-state index is 5.88. The zero-order valence-electron chi connectivity index (χ0n) is 8.58. The van der Waals surface area contributed by atoms with Gasteiger partial charge in [-0.2, -0.15) is 5.10 Å². The molecule has 0 N–H and O–H groups in total. The first-order valence-corrected chi connectivity index (χ1v) is 5.77. The number of rotatable bonds is 2. The molecule has 0 aromatic carbocycles. The smallest absolute Gasteiger partial charge is 0.170 e. The molecule has 0 spiro atoms. The molecule has 5 heteroatoms. The van der Waals surface area contributed by atoms with Crippen LogP contribution in [0.1, 0.15) is 12.1 Å². The summed E-state index contributed by atoms with van der Waals surface area (Å²) in [6, 6.07) is 1.81. The van der Waals surface area contributed by atoms with E-state index in [0.717, 1.165) is 18.7 Å². The van der Waals surface area contributed by atoms with E-state index in [9.17, 15) is 0 Å². The molecule has 3 nitrogen and oxygen atoms in total. The van der Waals surface area contributed by atoms with Crippen LogP contribution < -0.4 is 0 Å². The van der Waals surface area contributed by atoms with Gasteiger partial charge in [-0.1, -0.05) is 23.2 Å². The van der Waals surface area contributed by atoms with Crippen LogP contribution >= 0.6 is 23.2 Å². The van der Waals surface area contributed by atoms with Crippen LogP contribution in [-0.2, 0) is 6.42 Å². The molecule has 1 aliphatic heterocycles. The Labute approximate surface area is 99.4 Å². The zero-order chi connectivity index (χ0) is 10.8. The molecule has 1 saturated heterocycles. The van der Waals surface area contributed by atoms with Gasteiger partial charge in [-0.05, 0) is 38.4 Å². The first-order chi connectivity index (χ1) is 7.15. The molecular formula is C10H13Cl2N3. The summed E-state index contributed by atoms with van der Waals surface area (Å²) in [6.45, 7) is 2.29. The van der Waals surface area contributed by atoms with Gasteiger partial charge in [-0.15, -0.1) is 5.10 Å². The largest absolute Gasteiger partial charge is 0.306 e. The first kappa shape index (κ1) is 11.1. The molecule has 1 fully saturated rings. The van der Waals surface area contributed by atoms with Crippen LogP contribution in [0.3, 0.4) is 0 Å². The summed E-state index contributed by atoms with van der Waals surface area (Å²) in [6.07, 6.45) is 2.16. The molecule has 1 atom stereocenters. The second-order valence-corrected chi connectivity index (χ2v) is 4.86. The van der Waals surface area contributed by atoms with E-state index in [1.54, 1.807) is 0 Å². The minimum Gasteiger partial charge on any atom is -0.306 e. The summed E-state index contributed by atoms with van der Waals surface area (Å²) in [5, 5.41) is 8.63. The van der Waals surface area contributed by atoms with Gasteiger partial charge in [0.15, 0.2) is 5.15 Å². The third-order valence-electron chi connectivity index (χ3n) is 2.74. The fourth-order valence-corrected chi connectivity index (χ4v) is 2.24. The Hall–Kier alpha value is -0.380. The lowest BCUT2D eigenvalue weighted by Gasteiger charge is -2.09. The number of aromatic nitrogens is 2. The third kappa shape index (κ3) is 2.80. The van der Waals surface area contributed by atoms with Crippen molar-refractivity contribution >= 4 is 23.2 Å². The maximum atomic E-state index is 5.88. The lowest BCUT2D eigenvalue weighted by Crippen LogP contribution is -2.15. The normalized spacial score (nSPS) is 22.2. The molecule has 0 bridgehead atoms. The maximum Gasteiger partial charge on any atom is 0.170 e. The van der Waals surface area contributed by atoms with Crippen molar-refractivity contribution in [2.75, 3.05) is 20.1 Å². The Morgan fingerprint density at radius 3 is 2.87 bits per heavy atom. The number of halogens is 2. The average molecular weight is 246 g/mol. The van der Waals surface area contributed by atoms with E-state index in [4.69, 9.17) is 23.2 Å². The van der Waals surface area contributed by atoms with Gasteiger partial charge < -0.3 is 4.90 Å². The fraction of sp³-hybridized carbons (Fsp3) is 0.600. The fourth-order valence-electron chi connectivity index (χ4n) is 1.98. The standard InChI is InChI=1S/C10H13Cl2N3/c1-15-3-2-7(6-15)4-8-5-9(11)10(12)14-13-8/h5,7H,2-4,6H2,1H3. The Morgan fingerprint density at radius 1 is 1.47 bits per heavy atom. The van der Waals surface area contributed by atoms with E-state index in [1.165, 1.54) is 13.0 Å². The summed E-state index contributed by atoms with van der Waals surface area (Å²) >= 11 is 11.6. The number of hydrogen-bond acceptors (Lipinski definition) is 3. The van der Waals surface area contributed by atoms with Crippen molar-refractivity contribution in [2.45, 2.75) is 12.8 Å². The van der Waals surface area contributed by atoms with E-state index in [1.807, 2.05) is 6.07 Å². The molecular weight excluding hydrogens is 233 g/mol. The molecule has 1 unspecified atom stereocenters. The zero-order valence-corrected chi connectivity index (χ0v) is 10.1. The first-order valence-electron chi connectivity index (χ1n) is 5.01. The summed E-state index contributed by atoms with van der Waals surface area (Å²) in [7, 11) is 2.14. The summed E-state index contributed by atoms with van der Waals surface area (Å²) < 4.78 is 0. The lowest BCUT2D eigenvalue weighted by molar-refractivity contribution is 0.393. The molecule has 0 amide bonds. The second kappa shape index (κ2) is 4.64. The molecule has 2 rings (SSSR count). The Morgan fingerprint density at radius 2 is 2.27 bits per heavy atom. The van der Waals surface area contributed by atoms with E-state index >= 15 is 0 Å². The molecule has 0 aliphatic carbocycles. The number of nitrogens with zero attached hydrogens (tertiary/aromatic N) is 3. The monoisotopic (exact) mass is 245 g/mol. The third-order valence-corrected chi connectivity index (χ3v) is 3.41. The number of hydrogen-bond donors (Lipinski definition) is 0. The van der Waals surface area contributed by atoms with Gasteiger partial charge in [0.2, 0.25) is 0 Å². The van der Waals surface area contributed by atoms with Gasteiger partial charge in [0.25, 0.3) is 0 Å². The van der Waals surface area contributed by atoms with Gasteiger partial charge in [-0.25, -0.2) is 0 Å². The SMILES string of the molecule is CN1CCC(Cc2cc(Cl)c(Cl)nn2)C1. The van der Waals surface area contributed by atoms with Gasteiger partial charge in [0, 0.05) is 6.54 Å². The Bertz CT molecular complexity index is 357. The molecule has 1 aromatic rings. The summed E-state index contributed by atoms with van der Waals surface area (Å²) in [5.41, 5.74) is 0.935. The van der Waals surface area contributed by atoms with Crippen LogP contribution in [0.2, 0.25) is 10.2 Å². The Kier molecular flexibility index (Phi) is 3.44. The van der Waals surface area contributed by atoms with Crippen molar-refractivity contribution in [1.29, 1.82) is 0 Å². The van der Waals surface area contributed by atoms with Crippen molar-refractivity contribution in [3.63, 3.8) is 0 Å². The molecule has 2 heterocycles. The molecule has 15 heavy (non-hydrogen) atoms. The lowest BCUT2D eigenvalue weighted by atomic mass is 10.0. The molecule has 1 aromatic heterocycles. The predicted octanol–water partition coefficient (Wildman–Crippen LogP) is 2.28. The highest BCUT2D eigenvalue weighted by molar-refractivity contribution is 6.41. The van der Waals surface area contributed by atoms with Crippen molar-refractivity contribution in [3.8, 4) is 0 Å². The van der Waals surface area contributed by atoms with Gasteiger partial charge in [0.1, 0.15) is 0 Å². The molecule has 82 valence electrons. The average Bonchev–Trinajstić information content (AvgIpc) is 2.58. The van der Waals surface area contributed by atoms with Crippen molar-refractivity contribution in [2.24, 2.45) is 5.92 Å². The van der Waals surface area contributed by atoms with Crippen LogP contribution in [-0.4, -0.2) is 35.2 Å². The van der Waals surface area contributed by atoms with E-state index < -0.39 is 0 Å². The van der Waals surface area contributed by atoms with Crippen molar-refractivity contribution in [1.82, 2.24) is 15.1 Å². The predicted molar refractivity (Wildman–Crippen MR) is 61.4 cm³/mol. The van der Waals surface area contributed by atoms with Crippen molar-refractivity contribution < 1.29 is 0 Å². The Balaban J connectivity index is 2.02. The highest BCUT2D eigenvalue weighted by Gasteiger charge is 2.20. The van der Waals surface area contributed by atoms with Gasteiger partial charge in [-0.3, -0.25) is 0 Å². The summed E-state index contributed by atoms with van der Waals surface area (Å²) in [4.78, 5) is 2.33. The highest BCUT2D eigenvalue weighted by Crippen LogP contribution is 2.22. The quantitative estimate of drug-likeness (QED) is 0.801. The van der Waals surface area contributed by atoms with Crippen molar-refractivity contribution in [3.05, 3.63) is 21.9 Å². The molecule has 1 aliphatic rings. The van der Waals surface area contributed by atoms with Gasteiger partial charge >= 0.3 is 0 Å². The minimum absolute atomic E-state index is 0.281. The van der Waals surface area contributed by atoms with Crippen LogP contribution in [0.25, 0.3) is 0 Å². The van der Waals surface area contributed by atoms with E-state index in [-0.39, 0.29) is 5.15 Å². The van der Waals surface area contributed by atoms with Crippen LogP contribution in [0.5, 0.6) is 0 Å². The second-order valence-electron chi connectivity index (χ2n) is 4.10. The molecule has 0 saturated carbocycles. The van der Waals surface area contributed by atoms with Crippen LogP contribution in [0, 0.1) is 5.92 Å². The minimum atomic E-state index is 0.281.